The van der Waals surface area contributed by atoms with Crippen molar-refractivity contribution in [3.63, 3.8) is 0 Å². The average Bonchev–Trinajstić information content (AvgIpc) is 2.63. The second-order valence-corrected chi connectivity index (χ2v) is 5.38. The van der Waals surface area contributed by atoms with Gasteiger partial charge in [0, 0.05) is 6.54 Å². The number of hydrogen-bond donors (Lipinski definition) is 2. The highest BCUT2D eigenvalue weighted by molar-refractivity contribution is 5.82. The third kappa shape index (κ3) is 8.13. The molecule has 0 saturated carbocycles. The van der Waals surface area contributed by atoms with Crippen LogP contribution < -0.4 is 15.4 Å². The maximum atomic E-state index is 12.1. The molecule has 0 fully saturated rings. The monoisotopic (exact) mass is 382 g/mol. The Morgan fingerprint density at radius 3 is 2.19 bits per heavy atom. The lowest BCUT2D eigenvalue weighted by atomic mass is 10.2. The molecule has 27 heavy (non-hydrogen) atoms. The first-order chi connectivity index (χ1) is 12.8. The van der Waals surface area contributed by atoms with Gasteiger partial charge in [-0.05, 0) is 23.3 Å². The van der Waals surface area contributed by atoms with E-state index in [-0.39, 0.29) is 25.4 Å². The minimum absolute atomic E-state index is 0.0840. The highest BCUT2D eigenvalue weighted by Crippen LogP contribution is 2.22. The minimum Gasteiger partial charge on any atom is -0.445 e. The van der Waals surface area contributed by atoms with Gasteiger partial charge in [0.05, 0.1) is 0 Å². The van der Waals surface area contributed by atoms with Crippen LogP contribution >= 0.6 is 0 Å². The van der Waals surface area contributed by atoms with Gasteiger partial charge >= 0.3 is 12.5 Å². The summed E-state index contributed by atoms with van der Waals surface area (Å²) in [5.41, 5.74) is 1.39. The molecule has 0 atom stereocenters. The Balaban J connectivity index is 1.66. The number of rotatable bonds is 7. The summed E-state index contributed by atoms with van der Waals surface area (Å²) in [7, 11) is 0. The van der Waals surface area contributed by atoms with E-state index < -0.39 is 18.4 Å². The first kappa shape index (κ1) is 20.1. The van der Waals surface area contributed by atoms with E-state index in [1.807, 2.05) is 18.2 Å². The van der Waals surface area contributed by atoms with E-state index in [1.54, 1.807) is 12.1 Å². The standard InChI is InChI=1S/C18H17F3N2O4/c19-18(20,21)27-15-8-6-13(7-9-15)10-22-16(24)11-23-17(25)26-12-14-4-2-1-3-5-14/h1-9H,10-12H2,(H,22,24)(H,23,25). The number of benzene rings is 2. The summed E-state index contributed by atoms with van der Waals surface area (Å²) in [5, 5.41) is 4.83. The van der Waals surface area contributed by atoms with Crippen molar-refractivity contribution in [3.8, 4) is 5.75 Å². The Hall–Kier alpha value is -3.23. The molecule has 0 aromatic heterocycles. The molecule has 2 aromatic rings. The van der Waals surface area contributed by atoms with Gasteiger partial charge in [-0.1, -0.05) is 42.5 Å². The van der Waals surface area contributed by atoms with E-state index in [2.05, 4.69) is 15.4 Å². The van der Waals surface area contributed by atoms with Gasteiger partial charge in [-0.2, -0.15) is 0 Å². The lowest BCUT2D eigenvalue weighted by molar-refractivity contribution is -0.274. The number of alkyl halides is 3. The van der Waals surface area contributed by atoms with E-state index in [1.165, 1.54) is 12.1 Å². The summed E-state index contributed by atoms with van der Waals surface area (Å²) >= 11 is 0. The summed E-state index contributed by atoms with van der Waals surface area (Å²) in [6, 6.07) is 14.1. The van der Waals surface area contributed by atoms with Gasteiger partial charge < -0.3 is 20.1 Å². The Kier molecular flexibility index (Phi) is 7.04. The summed E-state index contributed by atoms with van der Waals surface area (Å²) in [5.74, 6) is -0.817. The van der Waals surface area contributed by atoms with Crippen LogP contribution in [0.25, 0.3) is 0 Å². The van der Waals surface area contributed by atoms with Crippen LogP contribution in [0.3, 0.4) is 0 Å². The van der Waals surface area contributed by atoms with Gasteiger partial charge in [-0.25, -0.2) is 4.79 Å². The van der Waals surface area contributed by atoms with Crippen LogP contribution in [0.1, 0.15) is 11.1 Å². The second-order valence-electron chi connectivity index (χ2n) is 5.38. The maximum absolute atomic E-state index is 12.1. The fraction of sp³-hybridized carbons (Fsp3) is 0.222. The second kappa shape index (κ2) is 9.46. The molecule has 0 bridgehead atoms. The van der Waals surface area contributed by atoms with Gasteiger partial charge in [0.2, 0.25) is 5.91 Å². The minimum atomic E-state index is -4.75. The molecule has 0 aliphatic carbocycles. The fourth-order valence-corrected chi connectivity index (χ4v) is 2.00. The van der Waals surface area contributed by atoms with Crippen LogP contribution in [0.15, 0.2) is 54.6 Å². The number of hydrogen-bond acceptors (Lipinski definition) is 4. The molecule has 9 heteroatoms. The fourth-order valence-electron chi connectivity index (χ4n) is 2.00. The molecule has 6 nitrogen and oxygen atoms in total. The van der Waals surface area contributed by atoms with E-state index in [0.717, 1.165) is 17.7 Å². The van der Waals surface area contributed by atoms with Crippen LogP contribution in [0, 0.1) is 0 Å². The Bertz CT molecular complexity index is 749. The molecule has 0 saturated heterocycles. The summed E-state index contributed by atoms with van der Waals surface area (Å²) in [6.45, 7) is -0.116. The highest BCUT2D eigenvalue weighted by atomic mass is 19.4. The Morgan fingerprint density at radius 1 is 0.889 bits per heavy atom. The van der Waals surface area contributed by atoms with Gasteiger partial charge in [0.1, 0.15) is 18.9 Å². The number of ether oxygens (including phenoxy) is 2. The third-order valence-electron chi connectivity index (χ3n) is 3.25. The predicted octanol–water partition coefficient (Wildman–Crippen LogP) is 3.13. The van der Waals surface area contributed by atoms with Crippen molar-refractivity contribution in [2.75, 3.05) is 6.54 Å². The van der Waals surface area contributed by atoms with E-state index in [4.69, 9.17) is 4.74 Å². The lowest BCUT2D eigenvalue weighted by Gasteiger charge is -2.10. The van der Waals surface area contributed by atoms with E-state index in [9.17, 15) is 22.8 Å². The molecule has 0 radical (unpaired) electrons. The van der Waals surface area contributed by atoms with Crippen molar-refractivity contribution in [3.05, 3.63) is 65.7 Å². The van der Waals surface area contributed by atoms with Gasteiger partial charge in [-0.3, -0.25) is 4.79 Å². The number of nitrogens with one attached hydrogen (secondary N) is 2. The SMILES string of the molecule is O=C(CNC(=O)OCc1ccccc1)NCc1ccc(OC(F)(F)F)cc1. The normalized spacial score (nSPS) is 10.8. The Labute approximate surface area is 153 Å². The predicted molar refractivity (Wildman–Crippen MR) is 89.6 cm³/mol. The quantitative estimate of drug-likeness (QED) is 0.772. The third-order valence-corrected chi connectivity index (χ3v) is 3.25. The molecular formula is C18H17F3N2O4. The number of alkyl carbamates (subject to hydrolysis) is 1. The summed E-state index contributed by atoms with van der Waals surface area (Å²) in [6.07, 6.45) is -5.49. The molecule has 144 valence electrons. The first-order valence-corrected chi connectivity index (χ1v) is 7.88. The van der Waals surface area contributed by atoms with Crippen LogP contribution in [0.4, 0.5) is 18.0 Å². The molecule has 2 aromatic carbocycles. The van der Waals surface area contributed by atoms with Crippen molar-refractivity contribution in [1.82, 2.24) is 10.6 Å². The van der Waals surface area contributed by atoms with Crippen LogP contribution in [-0.4, -0.2) is 24.9 Å². The topological polar surface area (TPSA) is 76.7 Å². The van der Waals surface area contributed by atoms with E-state index >= 15 is 0 Å². The molecule has 2 N–H and O–H groups in total. The van der Waals surface area contributed by atoms with Crippen LogP contribution in [0.2, 0.25) is 0 Å². The van der Waals surface area contributed by atoms with Crippen LogP contribution in [-0.2, 0) is 22.7 Å². The molecule has 2 rings (SSSR count). The van der Waals surface area contributed by atoms with Crippen LogP contribution in [0.5, 0.6) is 5.75 Å². The molecule has 0 aliphatic heterocycles. The van der Waals surface area contributed by atoms with Crippen molar-refractivity contribution >= 4 is 12.0 Å². The largest absolute Gasteiger partial charge is 0.573 e. The van der Waals surface area contributed by atoms with Crippen molar-refractivity contribution in [2.24, 2.45) is 0 Å². The maximum Gasteiger partial charge on any atom is 0.573 e. The van der Waals surface area contributed by atoms with Crippen molar-refractivity contribution in [2.45, 2.75) is 19.5 Å². The molecule has 0 unspecified atom stereocenters. The highest BCUT2D eigenvalue weighted by Gasteiger charge is 2.30. The van der Waals surface area contributed by atoms with Gasteiger partial charge in [-0.15, -0.1) is 13.2 Å². The number of carbonyl (C=O) groups excluding carboxylic acids is 2. The zero-order chi connectivity index (χ0) is 19.7. The summed E-state index contributed by atoms with van der Waals surface area (Å²) < 4.78 is 44.9. The zero-order valence-corrected chi connectivity index (χ0v) is 14.1. The van der Waals surface area contributed by atoms with E-state index in [0.29, 0.717) is 5.56 Å². The first-order valence-electron chi connectivity index (χ1n) is 7.88. The van der Waals surface area contributed by atoms with Crippen molar-refractivity contribution in [1.29, 1.82) is 0 Å². The number of carbonyl (C=O) groups is 2. The van der Waals surface area contributed by atoms with Gasteiger partial charge in [0.15, 0.2) is 0 Å². The molecular weight excluding hydrogens is 365 g/mol. The zero-order valence-electron chi connectivity index (χ0n) is 14.1. The number of amides is 2. The molecule has 0 spiro atoms. The molecule has 2 amide bonds. The average molecular weight is 382 g/mol. The summed E-state index contributed by atoms with van der Waals surface area (Å²) in [4.78, 5) is 23.2. The van der Waals surface area contributed by atoms with Crippen molar-refractivity contribution < 1.29 is 32.2 Å². The number of halogens is 3. The molecule has 0 aliphatic rings. The Morgan fingerprint density at radius 2 is 1.56 bits per heavy atom. The smallest absolute Gasteiger partial charge is 0.445 e. The van der Waals surface area contributed by atoms with Gasteiger partial charge in [0.25, 0.3) is 0 Å². The molecule has 0 heterocycles. The lowest BCUT2D eigenvalue weighted by Crippen LogP contribution is -2.36.